The van der Waals surface area contributed by atoms with Gasteiger partial charge in [0.1, 0.15) is 0 Å². The number of esters is 1. The van der Waals surface area contributed by atoms with Crippen molar-refractivity contribution in [3.8, 4) is 0 Å². The van der Waals surface area contributed by atoms with Crippen LogP contribution in [0.25, 0.3) is 0 Å². The van der Waals surface area contributed by atoms with Crippen molar-refractivity contribution < 1.29 is 19.1 Å². The molecule has 170 valence electrons. The van der Waals surface area contributed by atoms with Gasteiger partial charge in [-0.15, -0.1) is 0 Å². The lowest BCUT2D eigenvalue weighted by Gasteiger charge is -2.44. The lowest BCUT2D eigenvalue weighted by atomic mass is 9.97. The summed E-state index contributed by atoms with van der Waals surface area (Å²) in [5.74, 6) is -0.447. The summed E-state index contributed by atoms with van der Waals surface area (Å²) >= 11 is 0. The topological polar surface area (TPSA) is 68.2 Å². The fourth-order valence-corrected chi connectivity index (χ4v) is 4.30. The van der Waals surface area contributed by atoms with Crippen molar-refractivity contribution in [3.05, 3.63) is 120 Å². The maximum absolute atomic E-state index is 13.5. The van der Waals surface area contributed by atoms with Crippen molar-refractivity contribution >= 4 is 17.8 Å². The molecule has 6 nitrogen and oxygen atoms in total. The molecule has 1 amide bonds. The second-order valence-corrected chi connectivity index (χ2v) is 8.39. The molecule has 5 rings (SSSR count). The SMILES string of the molecule is C=C(C)C(C(=O)OC(c1ccccc1)c1ccccc1)N1C(=O)C2N=C(c3ccccc3)OC21. The Bertz CT molecular complexity index is 1200. The molecule has 3 unspecified atom stereocenters. The van der Waals surface area contributed by atoms with Crippen LogP contribution in [-0.2, 0) is 19.1 Å². The molecule has 3 aromatic rings. The average Bonchev–Trinajstić information content (AvgIpc) is 3.27. The summed E-state index contributed by atoms with van der Waals surface area (Å²) < 4.78 is 12.0. The fraction of sp³-hybridized carbons (Fsp3) is 0.179. The maximum atomic E-state index is 13.5. The molecule has 6 heteroatoms. The third-order valence-electron chi connectivity index (χ3n) is 5.97. The summed E-state index contributed by atoms with van der Waals surface area (Å²) in [6.07, 6.45) is -1.28. The van der Waals surface area contributed by atoms with Crippen LogP contribution in [0.15, 0.2) is 108 Å². The van der Waals surface area contributed by atoms with Crippen molar-refractivity contribution in [1.29, 1.82) is 0 Å². The first kappa shape index (κ1) is 21.6. The molecule has 3 atom stereocenters. The van der Waals surface area contributed by atoms with E-state index in [0.717, 1.165) is 16.7 Å². The van der Waals surface area contributed by atoms with E-state index in [1.807, 2.05) is 91.0 Å². The Kier molecular flexibility index (Phi) is 5.72. The molecule has 2 aliphatic rings. The third-order valence-corrected chi connectivity index (χ3v) is 5.97. The second kappa shape index (κ2) is 8.98. The first-order valence-corrected chi connectivity index (χ1v) is 11.1. The van der Waals surface area contributed by atoms with Gasteiger partial charge in [0.25, 0.3) is 5.91 Å². The van der Waals surface area contributed by atoms with Gasteiger partial charge in [-0.25, -0.2) is 9.79 Å². The molecule has 2 heterocycles. The number of rotatable bonds is 7. The molecular weight excluding hydrogens is 428 g/mol. The van der Waals surface area contributed by atoms with E-state index >= 15 is 0 Å². The lowest BCUT2D eigenvalue weighted by molar-refractivity contribution is -0.178. The van der Waals surface area contributed by atoms with Gasteiger partial charge in [-0.2, -0.15) is 0 Å². The Morgan fingerprint density at radius 3 is 2.00 bits per heavy atom. The molecule has 0 radical (unpaired) electrons. The van der Waals surface area contributed by atoms with Crippen LogP contribution in [0.2, 0.25) is 0 Å². The van der Waals surface area contributed by atoms with Crippen LogP contribution in [0, 0.1) is 0 Å². The first-order chi connectivity index (χ1) is 16.5. The molecule has 0 N–H and O–H groups in total. The maximum Gasteiger partial charge on any atom is 0.334 e. The van der Waals surface area contributed by atoms with E-state index in [2.05, 4.69) is 11.6 Å². The Labute approximate surface area is 198 Å². The van der Waals surface area contributed by atoms with Gasteiger partial charge in [-0.1, -0.05) is 85.4 Å². The van der Waals surface area contributed by atoms with Crippen molar-refractivity contribution in [2.75, 3.05) is 0 Å². The van der Waals surface area contributed by atoms with Crippen molar-refractivity contribution in [2.45, 2.75) is 31.3 Å². The highest BCUT2D eigenvalue weighted by Crippen LogP contribution is 2.36. The summed E-state index contributed by atoms with van der Waals surface area (Å²) in [6.45, 7) is 5.68. The van der Waals surface area contributed by atoms with E-state index in [9.17, 15) is 9.59 Å². The van der Waals surface area contributed by atoms with E-state index in [1.165, 1.54) is 4.90 Å². The van der Waals surface area contributed by atoms with Gasteiger partial charge in [0.15, 0.2) is 18.2 Å². The minimum Gasteiger partial charge on any atom is -0.451 e. The number of ether oxygens (including phenoxy) is 2. The van der Waals surface area contributed by atoms with Crippen molar-refractivity contribution in [2.24, 2.45) is 4.99 Å². The molecule has 1 fully saturated rings. The number of nitrogens with zero attached hydrogens (tertiary/aromatic N) is 2. The van der Waals surface area contributed by atoms with Crippen LogP contribution in [0.5, 0.6) is 0 Å². The second-order valence-electron chi connectivity index (χ2n) is 8.39. The van der Waals surface area contributed by atoms with Crippen LogP contribution < -0.4 is 0 Å². The van der Waals surface area contributed by atoms with Crippen LogP contribution in [0.3, 0.4) is 0 Å². The zero-order valence-electron chi connectivity index (χ0n) is 18.7. The molecule has 34 heavy (non-hydrogen) atoms. The Morgan fingerprint density at radius 2 is 1.47 bits per heavy atom. The number of β-lactam (4-membered cyclic amide) rings is 1. The number of benzene rings is 3. The monoisotopic (exact) mass is 452 g/mol. The molecular formula is C28H24N2O4. The van der Waals surface area contributed by atoms with Gasteiger partial charge < -0.3 is 9.47 Å². The zero-order valence-corrected chi connectivity index (χ0v) is 18.7. The number of likely N-dealkylation sites (tertiary alicyclic amines) is 1. The summed E-state index contributed by atoms with van der Waals surface area (Å²) in [6, 6.07) is 26.8. The van der Waals surface area contributed by atoms with Gasteiger partial charge >= 0.3 is 5.97 Å². The van der Waals surface area contributed by atoms with Crippen LogP contribution in [-0.4, -0.2) is 41.0 Å². The smallest absolute Gasteiger partial charge is 0.334 e. The molecule has 0 aromatic heterocycles. The number of hydrogen-bond donors (Lipinski definition) is 0. The minimum absolute atomic E-state index is 0.281. The number of carbonyl (C=O) groups excluding carboxylic acids is 2. The highest BCUT2D eigenvalue weighted by Gasteiger charge is 2.58. The predicted octanol–water partition coefficient (Wildman–Crippen LogP) is 4.28. The zero-order chi connectivity index (χ0) is 23.7. The van der Waals surface area contributed by atoms with Crippen LogP contribution in [0.4, 0.5) is 0 Å². The van der Waals surface area contributed by atoms with E-state index < -0.39 is 30.4 Å². The number of fused-ring (bicyclic) bond motifs is 1. The number of aliphatic imine (C=N–C) groups is 1. The van der Waals surface area contributed by atoms with E-state index in [4.69, 9.17) is 9.47 Å². The highest BCUT2D eigenvalue weighted by molar-refractivity contribution is 6.03. The Balaban J connectivity index is 1.39. The van der Waals surface area contributed by atoms with Crippen molar-refractivity contribution in [3.63, 3.8) is 0 Å². The molecule has 0 bridgehead atoms. The molecule has 0 aliphatic carbocycles. The normalized spacial score (nSPS) is 19.5. The Morgan fingerprint density at radius 1 is 0.941 bits per heavy atom. The highest BCUT2D eigenvalue weighted by atomic mass is 16.6. The van der Waals surface area contributed by atoms with E-state index in [0.29, 0.717) is 11.5 Å². The van der Waals surface area contributed by atoms with Gasteiger partial charge in [0, 0.05) is 5.56 Å². The largest absolute Gasteiger partial charge is 0.451 e. The predicted molar refractivity (Wildman–Crippen MR) is 128 cm³/mol. The van der Waals surface area contributed by atoms with E-state index in [1.54, 1.807) is 6.92 Å². The number of hydrogen-bond acceptors (Lipinski definition) is 5. The molecule has 0 saturated carbocycles. The molecule has 2 aliphatic heterocycles. The summed E-state index contributed by atoms with van der Waals surface area (Å²) in [7, 11) is 0. The minimum atomic E-state index is -0.978. The third kappa shape index (κ3) is 3.88. The average molecular weight is 453 g/mol. The van der Waals surface area contributed by atoms with Gasteiger partial charge in [0.05, 0.1) is 0 Å². The lowest BCUT2D eigenvalue weighted by Crippen LogP contribution is -2.68. The van der Waals surface area contributed by atoms with Gasteiger partial charge in [-0.3, -0.25) is 9.69 Å². The van der Waals surface area contributed by atoms with Crippen molar-refractivity contribution in [1.82, 2.24) is 4.90 Å². The standard InChI is InChI=1S/C28H24N2O4/c1-18(2)23(30-26(31)22-27(30)34-25(29-22)21-16-10-5-11-17-21)28(32)33-24(19-12-6-3-7-13-19)20-14-8-4-9-15-20/h3-17,22-24,27H,1H2,2H3. The van der Waals surface area contributed by atoms with Crippen LogP contribution >= 0.6 is 0 Å². The van der Waals surface area contributed by atoms with Crippen LogP contribution in [0.1, 0.15) is 29.7 Å². The fourth-order valence-electron chi connectivity index (χ4n) is 4.30. The summed E-state index contributed by atoms with van der Waals surface area (Å²) in [4.78, 5) is 32.3. The molecule has 0 spiro atoms. The Hall–Kier alpha value is -4.19. The van der Waals surface area contributed by atoms with E-state index in [-0.39, 0.29) is 5.91 Å². The molecule has 1 saturated heterocycles. The molecule has 3 aromatic carbocycles. The van der Waals surface area contributed by atoms with Gasteiger partial charge in [-0.05, 0) is 35.8 Å². The van der Waals surface area contributed by atoms with Gasteiger partial charge in [0.2, 0.25) is 12.1 Å². The summed E-state index contributed by atoms with van der Waals surface area (Å²) in [5, 5.41) is 0. The number of amides is 1. The number of carbonyl (C=O) groups is 2. The quantitative estimate of drug-likeness (QED) is 0.305. The first-order valence-electron chi connectivity index (χ1n) is 11.1. The summed E-state index contributed by atoms with van der Waals surface area (Å²) in [5.41, 5.74) is 2.95.